The lowest BCUT2D eigenvalue weighted by atomic mass is 9.81. The number of aryl methyl sites for hydroxylation is 1. The highest BCUT2D eigenvalue weighted by Crippen LogP contribution is 2.38. The predicted octanol–water partition coefficient (Wildman–Crippen LogP) is 3.71. The van der Waals surface area contributed by atoms with Gasteiger partial charge in [0.25, 0.3) is 0 Å². The van der Waals surface area contributed by atoms with Crippen LogP contribution < -0.4 is 11.1 Å². The minimum atomic E-state index is -0.157. The Hall–Kier alpha value is -2.62. The van der Waals surface area contributed by atoms with E-state index in [4.69, 9.17) is 5.73 Å². The number of hydrogen-bond acceptors (Lipinski definition) is 4. The van der Waals surface area contributed by atoms with Crippen LogP contribution in [0.2, 0.25) is 0 Å². The van der Waals surface area contributed by atoms with Gasteiger partial charge in [-0.2, -0.15) is 0 Å². The zero-order chi connectivity index (χ0) is 16.8. The minimum Gasteiger partial charge on any atom is -0.398 e. The summed E-state index contributed by atoms with van der Waals surface area (Å²) in [5, 5.41) is 3.49. The van der Waals surface area contributed by atoms with Gasteiger partial charge in [-0.1, -0.05) is 37.1 Å². The fourth-order valence-electron chi connectivity index (χ4n) is 3.86. The van der Waals surface area contributed by atoms with Crippen LogP contribution in [-0.4, -0.2) is 17.6 Å². The quantitative estimate of drug-likeness (QED) is 0.706. The van der Waals surface area contributed by atoms with Crippen molar-refractivity contribution < 1.29 is 9.59 Å². The van der Waals surface area contributed by atoms with E-state index in [0.29, 0.717) is 34.0 Å². The van der Waals surface area contributed by atoms with Crippen molar-refractivity contribution in [1.82, 2.24) is 0 Å². The van der Waals surface area contributed by atoms with Gasteiger partial charge in [0.1, 0.15) is 0 Å². The molecule has 4 rings (SSSR count). The summed E-state index contributed by atoms with van der Waals surface area (Å²) in [6.07, 6.45) is 4.58. The molecule has 4 nitrogen and oxygen atoms in total. The van der Waals surface area contributed by atoms with Crippen molar-refractivity contribution in [3.63, 3.8) is 0 Å². The molecule has 2 aliphatic rings. The maximum atomic E-state index is 13.1. The molecule has 0 aromatic heterocycles. The van der Waals surface area contributed by atoms with Crippen molar-refractivity contribution in [3.05, 3.63) is 58.1 Å². The molecule has 0 saturated heterocycles. The standard InChI is InChI=1S/C20H20N2O2/c1-11-10-15(22-12-6-2-3-7-12)16-17(18(11)21)20(24)14-9-5-4-8-13(14)19(16)23/h4-5,8-10,12,22H,2-3,6-7,21H2,1H3. The Balaban J connectivity index is 1.91. The van der Waals surface area contributed by atoms with E-state index in [-0.39, 0.29) is 11.6 Å². The first-order valence-electron chi connectivity index (χ1n) is 8.46. The van der Waals surface area contributed by atoms with Gasteiger partial charge in [-0.05, 0) is 31.4 Å². The molecule has 4 heteroatoms. The van der Waals surface area contributed by atoms with Crippen molar-refractivity contribution in [2.75, 3.05) is 11.1 Å². The van der Waals surface area contributed by atoms with E-state index in [1.807, 2.05) is 13.0 Å². The van der Waals surface area contributed by atoms with Crippen LogP contribution in [0.15, 0.2) is 30.3 Å². The monoisotopic (exact) mass is 320 g/mol. The van der Waals surface area contributed by atoms with Crippen LogP contribution in [0, 0.1) is 6.92 Å². The fourth-order valence-corrected chi connectivity index (χ4v) is 3.86. The largest absolute Gasteiger partial charge is 0.398 e. The third kappa shape index (κ3) is 2.13. The highest BCUT2D eigenvalue weighted by atomic mass is 16.1. The molecule has 3 N–H and O–H groups in total. The molecule has 2 aromatic rings. The molecular formula is C20H20N2O2. The molecule has 1 saturated carbocycles. The van der Waals surface area contributed by atoms with Gasteiger partial charge < -0.3 is 11.1 Å². The Labute approximate surface area is 141 Å². The molecule has 0 aliphatic heterocycles. The lowest BCUT2D eigenvalue weighted by Crippen LogP contribution is -2.26. The number of ketones is 2. The van der Waals surface area contributed by atoms with Gasteiger partial charge in [0.05, 0.1) is 11.1 Å². The van der Waals surface area contributed by atoms with Crippen molar-refractivity contribution in [2.24, 2.45) is 0 Å². The van der Waals surface area contributed by atoms with Gasteiger partial charge in [-0.25, -0.2) is 0 Å². The normalized spacial score (nSPS) is 16.9. The predicted molar refractivity (Wildman–Crippen MR) is 94.8 cm³/mol. The second-order valence-corrected chi connectivity index (χ2v) is 6.73. The first-order valence-corrected chi connectivity index (χ1v) is 8.46. The molecule has 0 amide bonds. The van der Waals surface area contributed by atoms with Gasteiger partial charge >= 0.3 is 0 Å². The maximum Gasteiger partial charge on any atom is 0.196 e. The number of carbonyl (C=O) groups excluding carboxylic acids is 2. The lowest BCUT2D eigenvalue weighted by Gasteiger charge is -2.25. The molecule has 1 fully saturated rings. The van der Waals surface area contributed by atoms with Gasteiger partial charge in [-0.15, -0.1) is 0 Å². The van der Waals surface area contributed by atoms with Gasteiger partial charge in [-0.3, -0.25) is 9.59 Å². The zero-order valence-electron chi connectivity index (χ0n) is 13.7. The topological polar surface area (TPSA) is 72.2 Å². The summed E-state index contributed by atoms with van der Waals surface area (Å²) >= 11 is 0. The van der Waals surface area contributed by atoms with Crippen LogP contribution in [0.3, 0.4) is 0 Å². The van der Waals surface area contributed by atoms with Gasteiger partial charge in [0.15, 0.2) is 11.6 Å². The van der Waals surface area contributed by atoms with E-state index < -0.39 is 0 Å². The number of carbonyl (C=O) groups is 2. The molecule has 122 valence electrons. The van der Waals surface area contributed by atoms with Gasteiger partial charge in [0.2, 0.25) is 0 Å². The number of nitrogen functional groups attached to an aromatic ring is 1. The second-order valence-electron chi connectivity index (χ2n) is 6.73. The SMILES string of the molecule is Cc1cc(NC2CCCC2)c2c(c1N)C(=O)c1ccccc1C2=O. The summed E-state index contributed by atoms with van der Waals surface area (Å²) in [5.74, 6) is -0.275. The third-order valence-corrected chi connectivity index (χ3v) is 5.16. The van der Waals surface area contributed by atoms with Crippen LogP contribution >= 0.6 is 0 Å². The Bertz CT molecular complexity index is 864. The van der Waals surface area contributed by atoms with E-state index in [1.165, 1.54) is 12.8 Å². The van der Waals surface area contributed by atoms with E-state index in [1.54, 1.807) is 24.3 Å². The molecule has 2 aliphatic carbocycles. The Morgan fingerprint density at radius 1 is 1.00 bits per heavy atom. The van der Waals surface area contributed by atoms with Crippen LogP contribution in [0.1, 0.15) is 63.1 Å². The Morgan fingerprint density at radius 3 is 2.21 bits per heavy atom. The summed E-state index contributed by atoms with van der Waals surface area (Å²) in [5.41, 5.74) is 9.88. The van der Waals surface area contributed by atoms with E-state index in [2.05, 4.69) is 5.32 Å². The van der Waals surface area contributed by atoms with Gasteiger partial charge in [0, 0.05) is 28.5 Å². The maximum absolute atomic E-state index is 13.1. The summed E-state index contributed by atoms with van der Waals surface area (Å²) in [6.45, 7) is 1.88. The van der Waals surface area contributed by atoms with Crippen molar-refractivity contribution in [1.29, 1.82) is 0 Å². The van der Waals surface area contributed by atoms with Crippen molar-refractivity contribution in [2.45, 2.75) is 38.6 Å². The third-order valence-electron chi connectivity index (χ3n) is 5.16. The molecule has 0 unspecified atom stereocenters. The van der Waals surface area contributed by atoms with E-state index in [0.717, 1.165) is 24.1 Å². The molecule has 0 bridgehead atoms. The smallest absolute Gasteiger partial charge is 0.196 e. The highest BCUT2D eigenvalue weighted by Gasteiger charge is 2.34. The Morgan fingerprint density at radius 2 is 1.58 bits per heavy atom. The van der Waals surface area contributed by atoms with Crippen molar-refractivity contribution >= 4 is 22.9 Å². The number of hydrogen-bond donors (Lipinski definition) is 2. The zero-order valence-corrected chi connectivity index (χ0v) is 13.7. The van der Waals surface area contributed by atoms with Crippen LogP contribution in [0.25, 0.3) is 0 Å². The Kier molecular flexibility index (Phi) is 3.41. The number of rotatable bonds is 2. The number of nitrogens with two attached hydrogens (primary N) is 1. The van der Waals surface area contributed by atoms with Crippen LogP contribution in [0.5, 0.6) is 0 Å². The second kappa shape index (κ2) is 5.48. The molecule has 0 heterocycles. The molecular weight excluding hydrogens is 300 g/mol. The number of nitrogens with one attached hydrogen (secondary N) is 1. The van der Waals surface area contributed by atoms with Crippen molar-refractivity contribution in [3.8, 4) is 0 Å². The fraction of sp³-hybridized carbons (Fsp3) is 0.300. The molecule has 0 atom stereocenters. The molecule has 0 radical (unpaired) electrons. The summed E-state index contributed by atoms with van der Waals surface area (Å²) in [7, 11) is 0. The first-order chi connectivity index (χ1) is 11.6. The van der Waals surface area contributed by atoms with Crippen LogP contribution in [0.4, 0.5) is 11.4 Å². The minimum absolute atomic E-state index is 0.118. The van der Waals surface area contributed by atoms with E-state index in [9.17, 15) is 9.59 Å². The van der Waals surface area contributed by atoms with E-state index >= 15 is 0 Å². The number of benzene rings is 2. The lowest BCUT2D eigenvalue weighted by molar-refractivity contribution is 0.0980. The number of fused-ring (bicyclic) bond motifs is 2. The van der Waals surface area contributed by atoms with Crippen LogP contribution in [-0.2, 0) is 0 Å². The first kappa shape index (κ1) is 14.9. The average molecular weight is 320 g/mol. The average Bonchev–Trinajstić information content (AvgIpc) is 3.09. The highest BCUT2D eigenvalue weighted by molar-refractivity contribution is 6.32. The molecule has 0 spiro atoms. The molecule has 24 heavy (non-hydrogen) atoms. The summed E-state index contributed by atoms with van der Waals surface area (Å²) in [6, 6.07) is 9.25. The number of anilines is 2. The summed E-state index contributed by atoms with van der Waals surface area (Å²) < 4.78 is 0. The summed E-state index contributed by atoms with van der Waals surface area (Å²) in [4.78, 5) is 26.0. The molecule has 2 aromatic carbocycles.